The Morgan fingerprint density at radius 3 is 2.39 bits per heavy atom. The SMILES string of the molecule is N[C@H](c1ccc(Cl)c(Cl)c1)[C@@H](O)C1CCCCC1. The first kappa shape index (κ1) is 14.1. The van der Waals surface area contributed by atoms with Gasteiger partial charge in [-0.1, -0.05) is 48.5 Å². The average molecular weight is 288 g/mol. The Balaban J connectivity index is 2.09. The molecule has 0 aliphatic heterocycles. The highest BCUT2D eigenvalue weighted by Crippen LogP contribution is 2.33. The predicted octanol–water partition coefficient (Wildman–Crippen LogP) is 3.93. The van der Waals surface area contributed by atoms with Gasteiger partial charge in [0.05, 0.1) is 22.2 Å². The van der Waals surface area contributed by atoms with Crippen LogP contribution in [0.2, 0.25) is 10.0 Å². The molecule has 1 aliphatic carbocycles. The number of aliphatic hydroxyl groups excluding tert-OH is 1. The van der Waals surface area contributed by atoms with Crippen LogP contribution in [0.4, 0.5) is 0 Å². The number of benzene rings is 1. The van der Waals surface area contributed by atoms with E-state index in [-0.39, 0.29) is 6.04 Å². The molecule has 4 heteroatoms. The van der Waals surface area contributed by atoms with Crippen LogP contribution in [0.25, 0.3) is 0 Å². The zero-order valence-electron chi connectivity index (χ0n) is 10.3. The molecule has 3 N–H and O–H groups in total. The Hall–Kier alpha value is -0.280. The molecule has 1 aliphatic rings. The Morgan fingerprint density at radius 2 is 1.78 bits per heavy atom. The molecule has 2 atom stereocenters. The third-order valence-corrected chi connectivity index (χ3v) is 4.57. The lowest BCUT2D eigenvalue weighted by Crippen LogP contribution is -2.34. The number of halogens is 2. The fourth-order valence-corrected chi connectivity index (χ4v) is 2.99. The van der Waals surface area contributed by atoms with E-state index in [0.29, 0.717) is 16.0 Å². The molecule has 100 valence electrons. The summed E-state index contributed by atoms with van der Waals surface area (Å²) in [5, 5.41) is 11.4. The Bertz CT molecular complexity index is 405. The minimum atomic E-state index is -0.498. The van der Waals surface area contributed by atoms with Crippen molar-refractivity contribution in [3.63, 3.8) is 0 Å². The minimum Gasteiger partial charge on any atom is -0.391 e. The number of hydrogen-bond acceptors (Lipinski definition) is 2. The molecule has 0 spiro atoms. The van der Waals surface area contributed by atoms with Crippen molar-refractivity contribution in [2.45, 2.75) is 44.2 Å². The number of aliphatic hydroxyl groups is 1. The summed E-state index contributed by atoms with van der Waals surface area (Å²) in [6, 6.07) is 4.93. The second-order valence-electron chi connectivity index (χ2n) is 5.09. The second-order valence-corrected chi connectivity index (χ2v) is 5.90. The van der Waals surface area contributed by atoms with Crippen molar-refractivity contribution in [2.75, 3.05) is 0 Å². The van der Waals surface area contributed by atoms with E-state index in [1.807, 2.05) is 6.07 Å². The van der Waals surface area contributed by atoms with Crippen LogP contribution in [-0.4, -0.2) is 11.2 Å². The van der Waals surface area contributed by atoms with Crippen molar-refractivity contribution in [3.05, 3.63) is 33.8 Å². The normalized spacial score (nSPS) is 20.7. The highest BCUT2D eigenvalue weighted by atomic mass is 35.5. The van der Waals surface area contributed by atoms with Crippen LogP contribution in [0.15, 0.2) is 18.2 Å². The lowest BCUT2D eigenvalue weighted by Gasteiger charge is -2.30. The smallest absolute Gasteiger partial charge is 0.0760 e. The summed E-state index contributed by atoms with van der Waals surface area (Å²) in [4.78, 5) is 0. The molecule has 1 aromatic carbocycles. The predicted molar refractivity (Wildman–Crippen MR) is 76.0 cm³/mol. The van der Waals surface area contributed by atoms with E-state index in [4.69, 9.17) is 28.9 Å². The average Bonchev–Trinajstić information content (AvgIpc) is 2.41. The first-order valence-corrected chi connectivity index (χ1v) is 7.24. The molecule has 2 nitrogen and oxygen atoms in total. The maximum atomic E-state index is 10.4. The fourth-order valence-electron chi connectivity index (χ4n) is 2.69. The van der Waals surface area contributed by atoms with Gasteiger partial charge >= 0.3 is 0 Å². The lowest BCUT2D eigenvalue weighted by molar-refractivity contribution is 0.0618. The first-order chi connectivity index (χ1) is 8.59. The molecule has 0 radical (unpaired) electrons. The van der Waals surface area contributed by atoms with Crippen LogP contribution in [0, 0.1) is 5.92 Å². The van der Waals surface area contributed by atoms with Crippen LogP contribution in [0.3, 0.4) is 0 Å². The van der Waals surface area contributed by atoms with Crippen molar-refractivity contribution in [1.82, 2.24) is 0 Å². The standard InChI is InChI=1S/C14H19Cl2NO/c15-11-7-6-10(8-12(11)16)13(17)14(18)9-4-2-1-3-5-9/h6-9,13-14,18H,1-5,17H2/t13-,14+/m1/s1. The van der Waals surface area contributed by atoms with Gasteiger partial charge in [-0.3, -0.25) is 0 Å². The Kier molecular flexibility index (Phi) is 4.91. The summed E-state index contributed by atoms with van der Waals surface area (Å²) in [6.45, 7) is 0. The molecule has 0 unspecified atom stereocenters. The van der Waals surface area contributed by atoms with Crippen molar-refractivity contribution in [3.8, 4) is 0 Å². The van der Waals surface area contributed by atoms with Gasteiger partial charge < -0.3 is 10.8 Å². The summed E-state index contributed by atoms with van der Waals surface area (Å²) in [5.74, 6) is 0.309. The van der Waals surface area contributed by atoms with Crippen molar-refractivity contribution >= 4 is 23.2 Å². The fraction of sp³-hybridized carbons (Fsp3) is 0.571. The molecule has 1 fully saturated rings. The second kappa shape index (κ2) is 6.25. The minimum absolute atomic E-state index is 0.309. The summed E-state index contributed by atoms with van der Waals surface area (Å²) < 4.78 is 0. The van der Waals surface area contributed by atoms with Crippen molar-refractivity contribution < 1.29 is 5.11 Å². The van der Waals surface area contributed by atoms with Crippen molar-refractivity contribution in [2.24, 2.45) is 11.7 Å². The van der Waals surface area contributed by atoms with Crippen LogP contribution in [-0.2, 0) is 0 Å². The topological polar surface area (TPSA) is 46.2 Å². The summed E-state index contributed by atoms with van der Waals surface area (Å²) in [6.07, 6.45) is 5.28. The van der Waals surface area contributed by atoms with Crippen LogP contribution in [0.5, 0.6) is 0 Å². The molecule has 0 saturated heterocycles. The van der Waals surface area contributed by atoms with Gasteiger partial charge in [0.1, 0.15) is 0 Å². The van der Waals surface area contributed by atoms with Gasteiger partial charge in [-0.15, -0.1) is 0 Å². The van der Waals surface area contributed by atoms with Crippen molar-refractivity contribution in [1.29, 1.82) is 0 Å². The quantitative estimate of drug-likeness (QED) is 0.885. The Morgan fingerprint density at radius 1 is 1.11 bits per heavy atom. The molecule has 1 aromatic rings. The number of rotatable bonds is 3. The van der Waals surface area contributed by atoms with Gasteiger partial charge in [-0.25, -0.2) is 0 Å². The van der Waals surface area contributed by atoms with Gasteiger partial charge in [-0.05, 0) is 36.5 Å². The summed E-state index contributed by atoms with van der Waals surface area (Å²) in [7, 11) is 0. The molecule has 0 bridgehead atoms. The monoisotopic (exact) mass is 287 g/mol. The maximum absolute atomic E-state index is 10.4. The zero-order valence-corrected chi connectivity index (χ0v) is 11.8. The number of nitrogens with two attached hydrogens (primary N) is 1. The van der Waals surface area contributed by atoms with E-state index in [2.05, 4.69) is 0 Å². The molecular weight excluding hydrogens is 269 g/mol. The molecular formula is C14H19Cl2NO. The molecule has 1 saturated carbocycles. The van der Waals surface area contributed by atoms with E-state index in [1.165, 1.54) is 19.3 Å². The first-order valence-electron chi connectivity index (χ1n) is 6.48. The Labute approximate surface area is 118 Å². The number of hydrogen-bond donors (Lipinski definition) is 2. The molecule has 0 aromatic heterocycles. The highest BCUT2D eigenvalue weighted by molar-refractivity contribution is 6.42. The molecule has 2 rings (SSSR count). The van der Waals surface area contributed by atoms with Crippen LogP contribution in [0.1, 0.15) is 43.7 Å². The van der Waals surface area contributed by atoms with E-state index >= 15 is 0 Å². The third kappa shape index (κ3) is 3.18. The van der Waals surface area contributed by atoms with Gasteiger partial charge in [0, 0.05) is 0 Å². The third-order valence-electron chi connectivity index (χ3n) is 3.83. The van der Waals surface area contributed by atoms with E-state index in [0.717, 1.165) is 18.4 Å². The summed E-state index contributed by atoms with van der Waals surface area (Å²) in [5.41, 5.74) is 6.99. The van der Waals surface area contributed by atoms with E-state index < -0.39 is 6.10 Å². The highest BCUT2D eigenvalue weighted by Gasteiger charge is 2.27. The molecule has 0 heterocycles. The molecule has 18 heavy (non-hydrogen) atoms. The van der Waals surface area contributed by atoms with Crippen LogP contribution < -0.4 is 5.73 Å². The molecule has 0 amide bonds. The maximum Gasteiger partial charge on any atom is 0.0760 e. The largest absolute Gasteiger partial charge is 0.391 e. The van der Waals surface area contributed by atoms with Gasteiger partial charge in [-0.2, -0.15) is 0 Å². The van der Waals surface area contributed by atoms with Gasteiger partial charge in [0.25, 0.3) is 0 Å². The zero-order chi connectivity index (χ0) is 13.1. The summed E-state index contributed by atoms with van der Waals surface area (Å²) >= 11 is 11.9. The van der Waals surface area contributed by atoms with E-state index in [1.54, 1.807) is 12.1 Å². The van der Waals surface area contributed by atoms with Gasteiger partial charge in [0.2, 0.25) is 0 Å². The lowest BCUT2D eigenvalue weighted by atomic mass is 9.81. The van der Waals surface area contributed by atoms with Gasteiger partial charge in [0.15, 0.2) is 0 Å². The van der Waals surface area contributed by atoms with Crippen LogP contribution >= 0.6 is 23.2 Å². The van der Waals surface area contributed by atoms with E-state index in [9.17, 15) is 5.11 Å².